The van der Waals surface area contributed by atoms with Gasteiger partial charge in [0.25, 0.3) is 0 Å². The molecule has 0 atom stereocenters. The van der Waals surface area contributed by atoms with E-state index in [-0.39, 0.29) is 74.4 Å². The van der Waals surface area contributed by atoms with Crippen LogP contribution in [-0.2, 0) is 0 Å². The van der Waals surface area contributed by atoms with Gasteiger partial charge in [0.1, 0.15) is 11.2 Å². The predicted molar refractivity (Wildman–Crippen MR) is 190 cm³/mol. The zero-order chi connectivity index (χ0) is 42.8. The normalized spacial score (nSPS) is 16.2. The Balaban J connectivity index is 1.44. The third kappa shape index (κ3) is 4.17. The second kappa shape index (κ2) is 10.4. The van der Waals surface area contributed by atoms with Gasteiger partial charge in [0.2, 0.25) is 0 Å². The molecule has 0 N–H and O–H groups in total. The Morgan fingerprint density at radius 3 is 1.64 bits per heavy atom. The van der Waals surface area contributed by atoms with Gasteiger partial charge in [-0.15, -0.1) is 0 Å². The van der Waals surface area contributed by atoms with Gasteiger partial charge < -0.3 is 4.42 Å². The molecule has 0 unspecified atom stereocenters. The summed E-state index contributed by atoms with van der Waals surface area (Å²) in [5.41, 5.74) is 0.0112. The predicted octanol–water partition coefficient (Wildman–Crippen LogP) is 12.6. The van der Waals surface area contributed by atoms with E-state index >= 15 is 0 Å². The average Bonchev–Trinajstić information content (AvgIpc) is 3.66. The van der Waals surface area contributed by atoms with Gasteiger partial charge in [-0.2, -0.15) is 0 Å². The van der Waals surface area contributed by atoms with Crippen LogP contribution in [0.5, 0.6) is 0 Å². The monoisotopic (exact) mass is 587 g/mol. The van der Waals surface area contributed by atoms with Crippen molar-refractivity contribution >= 4 is 43.5 Å². The number of para-hydroxylation sites is 1. The molecule has 9 aromatic rings. The molecular formula is C44H28O. The third-order valence-corrected chi connectivity index (χ3v) is 7.93. The maximum absolute atomic E-state index is 9.78. The highest BCUT2D eigenvalue weighted by Crippen LogP contribution is 2.45. The lowest BCUT2D eigenvalue weighted by molar-refractivity contribution is 0.670. The van der Waals surface area contributed by atoms with E-state index in [1.54, 1.807) is 78.9 Å². The Hall–Kier alpha value is -5.92. The summed E-state index contributed by atoms with van der Waals surface area (Å²) in [4.78, 5) is 0. The molecular weight excluding hydrogens is 544 g/mol. The van der Waals surface area contributed by atoms with Gasteiger partial charge in [0, 0.05) is 16.3 Å². The molecule has 0 radical (unpaired) electrons. The minimum absolute atomic E-state index is 0.0516. The van der Waals surface area contributed by atoms with Crippen molar-refractivity contribution in [3.63, 3.8) is 0 Å². The molecule has 45 heavy (non-hydrogen) atoms. The first-order chi connectivity index (χ1) is 28.6. The first-order valence-electron chi connectivity index (χ1n) is 21.7. The molecule has 1 aromatic heterocycles. The average molecular weight is 588 g/mol. The van der Waals surface area contributed by atoms with Crippen molar-refractivity contribution in [1.82, 2.24) is 0 Å². The first kappa shape index (κ1) is 14.7. The summed E-state index contributed by atoms with van der Waals surface area (Å²) < 4.78 is 140. The Kier molecular flexibility index (Phi) is 3.39. The number of furan rings is 1. The number of rotatable bonds is 4. The zero-order valence-corrected chi connectivity index (χ0v) is 23.4. The minimum atomic E-state index is -0.697. The quantitative estimate of drug-likeness (QED) is 0.187. The highest BCUT2D eigenvalue weighted by Gasteiger charge is 2.19. The summed E-state index contributed by atoms with van der Waals surface area (Å²) in [6.07, 6.45) is 0. The number of benzene rings is 8. The molecule has 0 aliphatic rings. The molecule has 0 saturated carbocycles. The summed E-state index contributed by atoms with van der Waals surface area (Å²) in [5.74, 6) is 0. The van der Waals surface area contributed by atoms with Crippen molar-refractivity contribution < 1.29 is 25.0 Å². The van der Waals surface area contributed by atoms with Crippen LogP contribution in [0.25, 0.3) is 88.0 Å². The largest absolute Gasteiger partial charge is 0.455 e. The molecule has 1 heteroatoms. The number of fused-ring (bicyclic) bond motifs is 5. The molecule has 210 valence electrons. The van der Waals surface area contributed by atoms with Crippen LogP contribution >= 0.6 is 0 Å². The summed E-state index contributed by atoms with van der Waals surface area (Å²) >= 11 is 0. The fourth-order valence-corrected chi connectivity index (χ4v) is 5.98. The highest BCUT2D eigenvalue weighted by atomic mass is 16.3. The first-order valence-corrected chi connectivity index (χ1v) is 14.2. The van der Waals surface area contributed by atoms with Gasteiger partial charge in [-0.25, -0.2) is 0 Å². The fourth-order valence-electron chi connectivity index (χ4n) is 5.98. The second-order valence-electron chi connectivity index (χ2n) is 10.5. The van der Waals surface area contributed by atoms with Crippen molar-refractivity contribution in [2.45, 2.75) is 0 Å². The number of hydrogen-bond donors (Lipinski definition) is 0. The van der Waals surface area contributed by atoms with E-state index in [9.17, 15) is 5.48 Å². The lowest BCUT2D eigenvalue weighted by atomic mass is 9.85. The smallest absolute Gasteiger partial charge is 0.143 e. The highest BCUT2D eigenvalue weighted by molar-refractivity contribution is 6.22. The summed E-state index contributed by atoms with van der Waals surface area (Å²) in [7, 11) is 0. The second-order valence-corrected chi connectivity index (χ2v) is 10.5. The van der Waals surface area contributed by atoms with E-state index in [2.05, 4.69) is 0 Å². The Bertz CT molecular complexity index is 3290. The molecule has 1 nitrogen and oxygen atoms in total. The minimum Gasteiger partial charge on any atom is -0.455 e. The van der Waals surface area contributed by atoms with Gasteiger partial charge in [-0.3, -0.25) is 0 Å². The molecule has 1 heterocycles. The van der Waals surface area contributed by atoms with E-state index in [4.69, 9.17) is 19.5 Å². The standard InChI is InChI=1S/C44H28O/c1-3-13-29(14-4-1)31-17-11-18-32(27-31)42-35-19-7-9-21-37(35)43(38-22-10-8-20-36(38)42)33-25-26-41-40(28-33)39-24-12-23-34(44(39)45-41)30-15-5-2-6-16-30/h1-28H/i2D,5D,6D,11D,12D,15D,16D,17D,18D,23D,24D,25D,26D,27D,28D. The molecule has 0 saturated heterocycles. The molecule has 0 aliphatic heterocycles. The molecule has 9 rings (SSSR count). The van der Waals surface area contributed by atoms with Crippen molar-refractivity contribution in [1.29, 1.82) is 0 Å². The summed E-state index contributed by atoms with van der Waals surface area (Å²) in [6.45, 7) is 0. The maximum Gasteiger partial charge on any atom is 0.143 e. The van der Waals surface area contributed by atoms with Crippen LogP contribution < -0.4 is 0 Å². The van der Waals surface area contributed by atoms with Crippen LogP contribution in [0.1, 0.15) is 20.6 Å². The lowest BCUT2D eigenvalue weighted by Crippen LogP contribution is -1.91. The van der Waals surface area contributed by atoms with E-state index < -0.39 is 66.0 Å². The van der Waals surface area contributed by atoms with Gasteiger partial charge >= 0.3 is 0 Å². The van der Waals surface area contributed by atoms with Crippen molar-refractivity contribution in [2.75, 3.05) is 0 Å². The van der Waals surface area contributed by atoms with Crippen molar-refractivity contribution in [3.05, 3.63) is 169 Å². The molecule has 0 amide bonds. The zero-order valence-electron chi connectivity index (χ0n) is 38.4. The topological polar surface area (TPSA) is 13.1 Å². The molecule has 0 spiro atoms. The summed E-state index contributed by atoms with van der Waals surface area (Å²) in [6, 6.07) is 15.1. The Labute approximate surface area is 282 Å². The molecule has 0 bridgehead atoms. The van der Waals surface area contributed by atoms with E-state index in [0.29, 0.717) is 38.2 Å². The van der Waals surface area contributed by atoms with E-state index in [1.165, 1.54) is 0 Å². The lowest BCUT2D eigenvalue weighted by Gasteiger charge is -2.18. The third-order valence-electron chi connectivity index (χ3n) is 7.93. The SMILES string of the molecule is [2H]c1c([2H])c([2H])c(-c2c([2H])c([2H])c([2H])c3c2oc2c([2H])c([2H])c(-c4c5ccccc5c(-c5c([2H])c([2H])c([2H])c(-c6ccccc6)c5[2H])c5ccccc45)c([2H])c23)c([2H])c1[2H]. The molecule has 0 fully saturated rings. The van der Waals surface area contributed by atoms with Gasteiger partial charge in [-0.05, 0) is 78.6 Å². The van der Waals surface area contributed by atoms with E-state index in [0.717, 1.165) is 0 Å². The van der Waals surface area contributed by atoms with Crippen molar-refractivity contribution in [2.24, 2.45) is 0 Å². The molecule has 0 aliphatic carbocycles. The van der Waals surface area contributed by atoms with Crippen LogP contribution in [0, 0.1) is 0 Å². The van der Waals surface area contributed by atoms with Gasteiger partial charge in [0.05, 0.1) is 20.6 Å². The molecule has 8 aromatic carbocycles. The van der Waals surface area contributed by atoms with Gasteiger partial charge in [0.15, 0.2) is 0 Å². The maximum atomic E-state index is 9.78. The summed E-state index contributed by atoms with van der Waals surface area (Å²) in [5, 5.41) is 1.54. The van der Waals surface area contributed by atoms with Crippen LogP contribution in [0.3, 0.4) is 0 Å². The fraction of sp³-hybridized carbons (Fsp3) is 0. The Morgan fingerprint density at radius 2 is 0.956 bits per heavy atom. The van der Waals surface area contributed by atoms with Crippen LogP contribution in [0.15, 0.2) is 174 Å². The van der Waals surface area contributed by atoms with Crippen molar-refractivity contribution in [3.8, 4) is 44.5 Å². The van der Waals surface area contributed by atoms with Gasteiger partial charge in [-0.1, -0.05) is 151 Å². The Morgan fingerprint density at radius 1 is 0.378 bits per heavy atom. The van der Waals surface area contributed by atoms with Crippen LogP contribution in [-0.4, -0.2) is 0 Å². The van der Waals surface area contributed by atoms with Crippen LogP contribution in [0.4, 0.5) is 0 Å². The van der Waals surface area contributed by atoms with E-state index in [1.807, 2.05) is 0 Å². The number of hydrogen-bond acceptors (Lipinski definition) is 1. The van der Waals surface area contributed by atoms with Crippen LogP contribution in [0.2, 0.25) is 0 Å².